The fourth-order valence-electron chi connectivity index (χ4n) is 2.35. The molecule has 2 aromatic rings. The third-order valence-corrected chi connectivity index (χ3v) is 5.43. The highest BCUT2D eigenvalue weighted by Gasteiger charge is 2.31. The molecule has 0 spiro atoms. The molecule has 0 heterocycles. The smallest absolute Gasteiger partial charge is 0.326 e. The summed E-state index contributed by atoms with van der Waals surface area (Å²) in [5, 5.41) is 0. The molecule has 0 fully saturated rings. The van der Waals surface area contributed by atoms with E-state index < -0.39 is 28.4 Å². The summed E-state index contributed by atoms with van der Waals surface area (Å²) in [4.78, 5) is 11.8. The van der Waals surface area contributed by atoms with E-state index in [9.17, 15) is 17.6 Å². The van der Waals surface area contributed by atoms with Gasteiger partial charge in [-0.15, -0.1) is 0 Å². The fourth-order valence-corrected chi connectivity index (χ4v) is 3.93. The molecular formula is C18H20FNO6S. The van der Waals surface area contributed by atoms with Crippen LogP contribution in [0.2, 0.25) is 0 Å². The van der Waals surface area contributed by atoms with Crippen LogP contribution in [0.25, 0.3) is 0 Å². The molecule has 27 heavy (non-hydrogen) atoms. The van der Waals surface area contributed by atoms with E-state index in [1.54, 1.807) is 13.0 Å². The zero-order chi connectivity index (χ0) is 20.0. The summed E-state index contributed by atoms with van der Waals surface area (Å²) in [6.07, 6.45) is 0. The second-order valence-corrected chi connectivity index (χ2v) is 7.14. The molecule has 7 nitrogen and oxygen atoms in total. The van der Waals surface area contributed by atoms with Crippen LogP contribution in [0, 0.1) is 5.82 Å². The Hall–Kier alpha value is -2.81. The molecule has 9 heteroatoms. The molecule has 0 amide bonds. The van der Waals surface area contributed by atoms with E-state index in [0.717, 1.165) is 16.4 Å². The van der Waals surface area contributed by atoms with Crippen molar-refractivity contribution in [2.24, 2.45) is 0 Å². The second-order valence-electron chi connectivity index (χ2n) is 5.31. The van der Waals surface area contributed by atoms with Gasteiger partial charge in [0.05, 0.1) is 26.5 Å². The Morgan fingerprint density at radius 1 is 1.07 bits per heavy atom. The number of carbonyl (C=O) groups excluding carboxylic acids is 1. The largest absolute Gasteiger partial charge is 0.497 e. The highest BCUT2D eigenvalue weighted by atomic mass is 32.2. The molecule has 0 bridgehead atoms. The zero-order valence-corrected chi connectivity index (χ0v) is 16.0. The molecule has 0 unspecified atom stereocenters. The van der Waals surface area contributed by atoms with Gasteiger partial charge in [-0.25, -0.2) is 12.8 Å². The van der Waals surface area contributed by atoms with Gasteiger partial charge in [-0.1, -0.05) is 0 Å². The van der Waals surface area contributed by atoms with E-state index in [1.807, 2.05) is 0 Å². The van der Waals surface area contributed by atoms with Gasteiger partial charge in [-0.05, 0) is 43.3 Å². The van der Waals surface area contributed by atoms with E-state index in [4.69, 9.17) is 14.2 Å². The second kappa shape index (κ2) is 8.72. The van der Waals surface area contributed by atoms with Crippen LogP contribution in [0.3, 0.4) is 0 Å². The first-order valence-electron chi connectivity index (χ1n) is 7.99. The van der Waals surface area contributed by atoms with Crippen molar-refractivity contribution in [3.05, 3.63) is 48.3 Å². The van der Waals surface area contributed by atoms with Crippen LogP contribution in [0.4, 0.5) is 10.1 Å². The molecule has 0 atom stereocenters. The van der Waals surface area contributed by atoms with Crippen molar-refractivity contribution in [3.63, 3.8) is 0 Å². The topological polar surface area (TPSA) is 82.1 Å². The number of sulfonamides is 1. The summed E-state index contributed by atoms with van der Waals surface area (Å²) in [6.45, 7) is 1.13. The Morgan fingerprint density at radius 2 is 1.74 bits per heavy atom. The van der Waals surface area contributed by atoms with Crippen LogP contribution < -0.4 is 13.8 Å². The third kappa shape index (κ3) is 4.68. The van der Waals surface area contributed by atoms with E-state index in [1.165, 1.54) is 38.5 Å². The summed E-state index contributed by atoms with van der Waals surface area (Å²) in [5.74, 6) is -0.908. The van der Waals surface area contributed by atoms with Crippen molar-refractivity contribution in [2.75, 3.05) is 31.7 Å². The summed E-state index contributed by atoms with van der Waals surface area (Å²) in [6, 6.07) is 9.01. The Balaban J connectivity index is 2.59. The minimum atomic E-state index is -4.25. The minimum absolute atomic E-state index is 0.0757. The minimum Gasteiger partial charge on any atom is -0.497 e. The van der Waals surface area contributed by atoms with E-state index >= 15 is 0 Å². The van der Waals surface area contributed by atoms with E-state index in [2.05, 4.69) is 0 Å². The van der Waals surface area contributed by atoms with Crippen LogP contribution in [0.5, 0.6) is 11.5 Å². The summed E-state index contributed by atoms with van der Waals surface area (Å²) >= 11 is 0. The number of hydrogen-bond donors (Lipinski definition) is 0. The lowest BCUT2D eigenvalue weighted by Gasteiger charge is -2.24. The van der Waals surface area contributed by atoms with Crippen molar-refractivity contribution in [2.45, 2.75) is 11.8 Å². The maximum atomic E-state index is 13.3. The van der Waals surface area contributed by atoms with Gasteiger partial charge in [0, 0.05) is 6.07 Å². The lowest BCUT2D eigenvalue weighted by atomic mass is 10.3. The molecule has 0 aromatic heterocycles. The van der Waals surface area contributed by atoms with Crippen molar-refractivity contribution in [1.29, 1.82) is 0 Å². The van der Waals surface area contributed by atoms with Crippen LogP contribution in [-0.2, 0) is 19.6 Å². The number of methoxy groups -OCH3 is 2. The average Bonchev–Trinajstić information content (AvgIpc) is 2.66. The predicted molar refractivity (Wildman–Crippen MR) is 97.1 cm³/mol. The van der Waals surface area contributed by atoms with Gasteiger partial charge in [-0.3, -0.25) is 9.10 Å². The molecule has 0 saturated carbocycles. The van der Waals surface area contributed by atoms with Crippen LogP contribution in [-0.4, -0.2) is 41.8 Å². The Morgan fingerprint density at radius 3 is 2.30 bits per heavy atom. The van der Waals surface area contributed by atoms with Crippen LogP contribution >= 0.6 is 0 Å². The molecule has 146 valence electrons. The van der Waals surface area contributed by atoms with E-state index in [-0.39, 0.29) is 22.9 Å². The van der Waals surface area contributed by atoms with Gasteiger partial charge in [0.1, 0.15) is 28.8 Å². The van der Waals surface area contributed by atoms with Gasteiger partial charge < -0.3 is 14.2 Å². The number of esters is 1. The van der Waals surface area contributed by atoms with Gasteiger partial charge in [0.15, 0.2) is 0 Å². The monoisotopic (exact) mass is 397 g/mol. The molecule has 0 aliphatic carbocycles. The lowest BCUT2D eigenvalue weighted by molar-refractivity contribution is -0.141. The number of nitrogens with zero attached hydrogens (tertiary/aromatic N) is 1. The first-order chi connectivity index (χ1) is 12.8. The first kappa shape index (κ1) is 20.5. The SMILES string of the molecule is CCOC(=O)CN(c1ccc(F)cc1)S(=O)(=O)c1cc(OC)ccc1OC. The maximum absolute atomic E-state index is 13.3. The average molecular weight is 397 g/mol. The standard InChI is InChI=1S/C18H20FNO6S/c1-4-26-18(21)12-20(14-7-5-13(19)6-8-14)27(22,23)17-11-15(24-2)9-10-16(17)25-3/h5-11H,4,12H2,1-3H3. The number of hydrogen-bond acceptors (Lipinski definition) is 6. The molecule has 2 aromatic carbocycles. The summed E-state index contributed by atoms with van der Waals surface area (Å²) in [7, 11) is -1.53. The molecule has 0 aliphatic rings. The Kier molecular flexibility index (Phi) is 6.62. The van der Waals surface area contributed by atoms with Crippen molar-refractivity contribution >= 4 is 21.7 Å². The molecule has 0 saturated heterocycles. The molecule has 0 N–H and O–H groups in total. The number of halogens is 1. The molecule has 2 rings (SSSR count). The number of rotatable bonds is 8. The molecular weight excluding hydrogens is 377 g/mol. The summed E-state index contributed by atoms with van der Waals surface area (Å²) in [5.41, 5.74) is 0.106. The number of ether oxygens (including phenoxy) is 3. The molecule has 0 aliphatic heterocycles. The number of benzene rings is 2. The van der Waals surface area contributed by atoms with Crippen LogP contribution in [0.1, 0.15) is 6.92 Å². The lowest BCUT2D eigenvalue weighted by Crippen LogP contribution is -2.36. The Bertz CT molecular complexity index is 899. The van der Waals surface area contributed by atoms with Gasteiger partial charge in [-0.2, -0.15) is 0 Å². The zero-order valence-electron chi connectivity index (χ0n) is 15.1. The highest BCUT2D eigenvalue weighted by Crippen LogP contribution is 2.33. The summed E-state index contributed by atoms with van der Waals surface area (Å²) < 4.78 is 55.8. The van der Waals surface area contributed by atoms with E-state index in [0.29, 0.717) is 5.75 Å². The predicted octanol–water partition coefficient (Wildman–Crippen LogP) is 2.60. The van der Waals surface area contributed by atoms with Gasteiger partial charge in [0.25, 0.3) is 10.0 Å². The normalized spacial score (nSPS) is 11.0. The van der Waals surface area contributed by atoms with Crippen LogP contribution in [0.15, 0.2) is 47.4 Å². The Labute approximate surface area is 157 Å². The third-order valence-electron chi connectivity index (χ3n) is 3.63. The molecule has 0 radical (unpaired) electrons. The van der Waals surface area contributed by atoms with Gasteiger partial charge in [0.2, 0.25) is 0 Å². The quantitative estimate of drug-likeness (QED) is 0.637. The number of anilines is 1. The first-order valence-corrected chi connectivity index (χ1v) is 9.43. The fraction of sp³-hybridized carbons (Fsp3) is 0.278. The number of carbonyl (C=O) groups is 1. The van der Waals surface area contributed by atoms with Crippen molar-refractivity contribution < 1.29 is 31.8 Å². The maximum Gasteiger partial charge on any atom is 0.326 e. The van der Waals surface area contributed by atoms with Crippen molar-refractivity contribution in [3.8, 4) is 11.5 Å². The van der Waals surface area contributed by atoms with Gasteiger partial charge >= 0.3 is 5.97 Å². The highest BCUT2D eigenvalue weighted by molar-refractivity contribution is 7.93. The van der Waals surface area contributed by atoms with Crippen molar-refractivity contribution in [1.82, 2.24) is 0 Å².